The predicted octanol–water partition coefficient (Wildman–Crippen LogP) is 9.20. The molecule has 8 heteroatoms. The summed E-state index contributed by atoms with van der Waals surface area (Å²) in [6, 6.07) is 52.7. The number of aromatic nitrogens is 6. The fraction of sp³-hybridized carbons (Fsp3) is 0.0476. The van der Waals surface area contributed by atoms with Crippen molar-refractivity contribution in [3.8, 4) is 79.6 Å². The van der Waals surface area contributed by atoms with Gasteiger partial charge in [-0.1, -0.05) is 109 Å². The van der Waals surface area contributed by atoms with Gasteiger partial charge in [-0.15, -0.1) is 20.4 Å². The molecule has 0 saturated heterocycles. The lowest BCUT2D eigenvalue weighted by Gasteiger charge is -2.17. The topological polar surface area (TPSA) is 79.9 Å². The maximum atomic E-state index is 5.47. The molecule has 2 aromatic heterocycles. The smallest absolute Gasteiger partial charge is 0.169 e. The molecular formula is C42H32N6O2. The van der Waals surface area contributed by atoms with Crippen molar-refractivity contribution in [1.82, 2.24) is 29.5 Å². The highest BCUT2D eigenvalue weighted by atomic mass is 16.5. The second-order valence-electron chi connectivity index (χ2n) is 11.6. The van der Waals surface area contributed by atoms with Crippen molar-refractivity contribution < 1.29 is 9.47 Å². The molecule has 8 aromatic rings. The Morgan fingerprint density at radius 1 is 0.340 bits per heavy atom. The minimum absolute atomic E-state index is 0.709. The molecule has 0 amide bonds. The summed E-state index contributed by atoms with van der Waals surface area (Å²) in [5.41, 5.74) is 7.56. The lowest BCUT2D eigenvalue weighted by Crippen LogP contribution is -2.03. The highest BCUT2D eigenvalue weighted by molar-refractivity contribution is 5.90. The van der Waals surface area contributed by atoms with Gasteiger partial charge < -0.3 is 9.47 Å². The minimum atomic E-state index is 0.709. The van der Waals surface area contributed by atoms with Crippen molar-refractivity contribution in [2.45, 2.75) is 0 Å². The van der Waals surface area contributed by atoms with E-state index < -0.39 is 0 Å². The maximum absolute atomic E-state index is 5.47. The summed E-state index contributed by atoms with van der Waals surface area (Å²) in [6.07, 6.45) is 0. The average Bonchev–Trinajstić information content (AvgIpc) is 3.85. The zero-order valence-corrected chi connectivity index (χ0v) is 27.5. The summed E-state index contributed by atoms with van der Waals surface area (Å²) in [4.78, 5) is 0. The number of hydrogen-bond donors (Lipinski definition) is 0. The summed E-state index contributed by atoms with van der Waals surface area (Å²) < 4.78 is 15.1. The van der Waals surface area contributed by atoms with E-state index in [1.165, 1.54) is 0 Å². The van der Waals surface area contributed by atoms with Crippen LogP contribution in [0.4, 0.5) is 0 Å². The zero-order valence-electron chi connectivity index (χ0n) is 27.5. The van der Waals surface area contributed by atoms with Crippen molar-refractivity contribution in [2.75, 3.05) is 14.2 Å². The van der Waals surface area contributed by atoms with Crippen LogP contribution in [0.25, 0.3) is 68.1 Å². The van der Waals surface area contributed by atoms with Gasteiger partial charge in [-0.2, -0.15) is 0 Å². The summed E-state index contributed by atoms with van der Waals surface area (Å²) >= 11 is 0. The molecule has 0 radical (unpaired) electrons. The van der Waals surface area contributed by atoms with Gasteiger partial charge >= 0.3 is 0 Å². The van der Waals surface area contributed by atoms with Gasteiger partial charge in [0.25, 0.3) is 0 Å². The summed E-state index contributed by atoms with van der Waals surface area (Å²) in [6.45, 7) is 0. The van der Waals surface area contributed by atoms with E-state index in [4.69, 9.17) is 29.9 Å². The lowest BCUT2D eigenvalue weighted by molar-refractivity contribution is 0.414. The Labute approximate surface area is 289 Å². The lowest BCUT2D eigenvalue weighted by atomic mass is 9.94. The van der Waals surface area contributed by atoms with E-state index in [2.05, 4.69) is 33.4 Å². The van der Waals surface area contributed by atoms with Crippen molar-refractivity contribution in [1.29, 1.82) is 0 Å². The van der Waals surface area contributed by atoms with Crippen LogP contribution in [0, 0.1) is 0 Å². The van der Waals surface area contributed by atoms with E-state index >= 15 is 0 Å². The number of rotatable bonds is 9. The minimum Gasteiger partial charge on any atom is -0.497 e. The normalized spacial score (nSPS) is 11.0. The second kappa shape index (κ2) is 13.4. The van der Waals surface area contributed by atoms with Gasteiger partial charge in [-0.3, -0.25) is 9.13 Å². The number of hydrogen-bond acceptors (Lipinski definition) is 6. The molecule has 0 fully saturated rings. The molecule has 50 heavy (non-hydrogen) atoms. The number of methoxy groups -OCH3 is 2. The average molecular weight is 653 g/mol. The highest BCUT2D eigenvalue weighted by Crippen LogP contribution is 2.40. The molecule has 242 valence electrons. The van der Waals surface area contributed by atoms with Gasteiger partial charge in [0.05, 0.1) is 14.2 Å². The highest BCUT2D eigenvalue weighted by Gasteiger charge is 2.24. The Hall–Kier alpha value is -6.80. The third kappa shape index (κ3) is 5.58. The number of ether oxygens (including phenoxy) is 2. The molecule has 8 rings (SSSR count). The van der Waals surface area contributed by atoms with Gasteiger partial charge in [0.2, 0.25) is 0 Å². The summed E-state index contributed by atoms with van der Waals surface area (Å²) in [7, 11) is 3.33. The van der Waals surface area contributed by atoms with Gasteiger partial charge in [-0.25, -0.2) is 0 Å². The largest absolute Gasteiger partial charge is 0.497 e. The van der Waals surface area contributed by atoms with E-state index in [0.29, 0.717) is 11.6 Å². The van der Waals surface area contributed by atoms with E-state index in [-0.39, 0.29) is 0 Å². The van der Waals surface area contributed by atoms with Crippen molar-refractivity contribution in [3.63, 3.8) is 0 Å². The molecule has 6 aromatic carbocycles. The van der Waals surface area contributed by atoms with Crippen LogP contribution in [0.1, 0.15) is 0 Å². The SMILES string of the molecule is COc1ccc(-n2c(-c3ccccc3)nnc2-c2ccccc2-c2ccccc2-c2nnc(-c3ccccc3)n2-c2ccc(OC)cc2)cc1. The Balaban J connectivity index is 1.33. The van der Waals surface area contributed by atoms with Crippen LogP contribution < -0.4 is 9.47 Å². The van der Waals surface area contributed by atoms with Gasteiger partial charge in [0.1, 0.15) is 11.5 Å². The van der Waals surface area contributed by atoms with Crippen LogP contribution in [-0.4, -0.2) is 43.7 Å². The molecule has 0 unspecified atom stereocenters. The third-order valence-electron chi connectivity index (χ3n) is 8.68. The first-order chi connectivity index (χ1) is 24.7. The van der Waals surface area contributed by atoms with Crippen LogP contribution in [0.15, 0.2) is 158 Å². The van der Waals surface area contributed by atoms with Gasteiger partial charge in [0, 0.05) is 33.6 Å². The quantitative estimate of drug-likeness (QED) is 0.155. The van der Waals surface area contributed by atoms with Crippen LogP contribution in [0.3, 0.4) is 0 Å². The Kier molecular flexibility index (Phi) is 8.16. The molecule has 0 N–H and O–H groups in total. The van der Waals surface area contributed by atoms with Crippen LogP contribution >= 0.6 is 0 Å². The maximum Gasteiger partial charge on any atom is 0.169 e. The fourth-order valence-electron chi connectivity index (χ4n) is 6.24. The molecular weight excluding hydrogens is 621 g/mol. The molecule has 8 nitrogen and oxygen atoms in total. The first-order valence-electron chi connectivity index (χ1n) is 16.2. The van der Waals surface area contributed by atoms with Crippen molar-refractivity contribution in [2.24, 2.45) is 0 Å². The standard InChI is InChI=1S/C42H32N6O2/c1-49-33-25-21-31(22-26-33)47-39(29-13-5-3-6-14-29)43-45-41(47)37-19-11-9-17-35(37)36-18-10-12-20-38(36)42-46-44-40(30-15-7-4-8-16-30)48(42)32-23-27-34(50-2)28-24-32/h3-28H,1-2H3. The van der Waals surface area contributed by atoms with Crippen molar-refractivity contribution >= 4 is 0 Å². The van der Waals surface area contributed by atoms with Gasteiger partial charge in [0.15, 0.2) is 23.3 Å². The molecule has 0 bridgehead atoms. The molecule has 0 aliphatic carbocycles. The van der Waals surface area contributed by atoms with Crippen LogP contribution in [0.5, 0.6) is 11.5 Å². The molecule has 0 aliphatic rings. The molecule has 0 saturated carbocycles. The van der Waals surface area contributed by atoms with E-state index in [0.717, 1.165) is 67.9 Å². The van der Waals surface area contributed by atoms with E-state index in [9.17, 15) is 0 Å². The van der Waals surface area contributed by atoms with Crippen LogP contribution in [0.2, 0.25) is 0 Å². The van der Waals surface area contributed by atoms with E-state index in [1.54, 1.807) is 14.2 Å². The summed E-state index contributed by atoms with van der Waals surface area (Å²) in [5.74, 6) is 4.44. The molecule has 2 heterocycles. The Morgan fingerprint density at radius 2 is 0.660 bits per heavy atom. The first-order valence-corrected chi connectivity index (χ1v) is 16.2. The molecule has 0 spiro atoms. The van der Waals surface area contributed by atoms with Gasteiger partial charge in [-0.05, 0) is 59.7 Å². The third-order valence-corrected chi connectivity index (χ3v) is 8.68. The number of nitrogens with zero attached hydrogens (tertiary/aromatic N) is 6. The van der Waals surface area contributed by atoms with E-state index in [1.807, 2.05) is 133 Å². The van der Waals surface area contributed by atoms with Crippen LogP contribution in [-0.2, 0) is 0 Å². The molecule has 0 aliphatic heterocycles. The summed E-state index contributed by atoms with van der Waals surface area (Å²) in [5, 5.41) is 19.2. The zero-order chi connectivity index (χ0) is 33.9. The monoisotopic (exact) mass is 652 g/mol. The fourth-order valence-corrected chi connectivity index (χ4v) is 6.24. The Bertz CT molecular complexity index is 2210. The number of benzene rings is 6. The van der Waals surface area contributed by atoms with Crippen molar-refractivity contribution in [3.05, 3.63) is 158 Å². The second-order valence-corrected chi connectivity index (χ2v) is 11.6. The first kappa shape index (κ1) is 30.5. The predicted molar refractivity (Wildman–Crippen MR) is 197 cm³/mol. The molecule has 0 atom stereocenters. The Morgan fingerprint density at radius 3 is 1.02 bits per heavy atom.